The molecule has 2 heterocycles. The molecule has 1 fully saturated rings. The fraction of sp³-hybridized carbons (Fsp3) is 0.556. The summed E-state index contributed by atoms with van der Waals surface area (Å²) in [6, 6.07) is 3.51. The van der Waals surface area contributed by atoms with Crippen LogP contribution in [0.4, 0.5) is 10.5 Å². The van der Waals surface area contributed by atoms with Crippen molar-refractivity contribution in [2.24, 2.45) is 0 Å². The molecule has 0 aliphatic carbocycles. The molecule has 1 N–H and O–H groups in total. The number of hydrogen-bond acceptors (Lipinski definition) is 5. The number of anilines is 1. The lowest BCUT2D eigenvalue weighted by molar-refractivity contribution is 0.00578. The highest BCUT2D eigenvalue weighted by Crippen LogP contribution is 2.37. The summed E-state index contributed by atoms with van der Waals surface area (Å²) in [5.41, 5.74) is -0.203. The van der Waals surface area contributed by atoms with Crippen molar-refractivity contribution < 1.29 is 18.8 Å². The second-order valence-electron chi connectivity index (χ2n) is 8.05. The number of nitrogens with one attached hydrogen (secondary N) is 1. The molecule has 0 radical (unpaired) electrons. The first-order chi connectivity index (χ1) is 11.4. The Morgan fingerprint density at radius 2 is 1.84 bits per heavy atom. The molecule has 0 bridgehead atoms. The number of ether oxygens (including phenoxy) is 1. The number of hydrogen-bond donors (Lipinski definition) is 1. The average Bonchev–Trinajstić information content (AvgIpc) is 2.63. The topological polar surface area (TPSA) is 69.7 Å². The SMILES string of the molecule is CC(C)(C)OC(=O)Nc1cccnc1/C=C/B1OC(C)(C)C(C)(C)O1. The molecule has 1 amide bonds. The highest BCUT2D eigenvalue weighted by atomic mass is 16.7. The second kappa shape index (κ2) is 6.80. The van der Waals surface area contributed by atoms with Gasteiger partial charge in [-0.15, -0.1) is 0 Å². The molecule has 1 saturated heterocycles. The number of nitrogens with zero attached hydrogens (tertiary/aromatic N) is 1. The zero-order valence-corrected chi connectivity index (χ0v) is 16.0. The Morgan fingerprint density at radius 3 is 2.40 bits per heavy atom. The molecule has 7 heteroatoms. The van der Waals surface area contributed by atoms with Crippen LogP contribution in [0.1, 0.15) is 54.2 Å². The Bertz CT molecular complexity index is 649. The Kier molecular flexibility index (Phi) is 5.30. The predicted octanol–water partition coefficient (Wildman–Crippen LogP) is 4.07. The summed E-state index contributed by atoms with van der Waals surface area (Å²) >= 11 is 0. The van der Waals surface area contributed by atoms with Crippen LogP contribution in [-0.4, -0.2) is 35.0 Å². The van der Waals surface area contributed by atoms with E-state index in [2.05, 4.69) is 10.3 Å². The molecule has 0 aromatic carbocycles. The fourth-order valence-electron chi connectivity index (χ4n) is 2.21. The van der Waals surface area contributed by atoms with Crippen LogP contribution in [0.5, 0.6) is 0 Å². The first kappa shape index (κ1) is 19.5. The number of pyridine rings is 1. The molecular formula is C18H27BN2O4. The minimum atomic E-state index is -0.564. The van der Waals surface area contributed by atoms with Crippen LogP contribution >= 0.6 is 0 Å². The molecular weight excluding hydrogens is 319 g/mol. The van der Waals surface area contributed by atoms with Gasteiger partial charge in [0.25, 0.3) is 0 Å². The van der Waals surface area contributed by atoms with Gasteiger partial charge < -0.3 is 14.0 Å². The third-order valence-corrected chi connectivity index (χ3v) is 4.16. The van der Waals surface area contributed by atoms with E-state index >= 15 is 0 Å². The van der Waals surface area contributed by atoms with Crippen LogP contribution in [0, 0.1) is 0 Å². The Balaban J connectivity index is 2.10. The van der Waals surface area contributed by atoms with E-state index < -0.39 is 30.0 Å². The molecule has 0 spiro atoms. The number of carbonyl (C=O) groups is 1. The number of amides is 1. The van der Waals surface area contributed by atoms with Gasteiger partial charge >= 0.3 is 13.2 Å². The lowest BCUT2D eigenvalue weighted by Crippen LogP contribution is -2.41. The molecule has 2 rings (SSSR count). The van der Waals surface area contributed by atoms with Crippen molar-refractivity contribution in [1.29, 1.82) is 0 Å². The minimum Gasteiger partial charge on any atom is -0.444 e. The maximum Gasteiger partial charge on any atom is 0.487 e. The van der Waals surface area contributed by atoms with E-state index in [4.69, 9.17) is 14.0 Å². The largest absolute Gasteiger partial charge is 0.487 e. The average molecular weight is 346 g/mol. The van der Waals surface area contributed by atoms with Crippen molar-refractivity contribution in [3.8, 4) is 0 Å². The fourth-order valence-corrected chi connectivity index (χ4v) is 2.21. The van der Waals surface area contributed by atoms with E-state index in [9.17, 15) is 4.79 Å². The van der Waals surface area contributed by atoms with Crippen LogP contribution in [0.3, 0.4) is 0 Å². The molecule has 0 atom stereocenters. The first-order valence-corrected chi connectivity index (χ1v) is 8.38. The quantitative estimate of drug-likeness (QED) is 0.836. The predicted molar refractivity (Wildman–Crippen MR) is 99.2 cm³/mol. The third kappa shape index (κ3) is 5.06. The summed E-state index contributed by atoms with van der Waals surface area (Å²) in [4.78, 5) is 16.3. The Hall–Kier alpha value is -1.86. The molecule has 0 unspecified atom stereocenters. The summed E-state index contributed by atoms with van der Waals surface area (Å²) in [7, 11) is -0.471. The summed E-state index contributed by atoms with van der Waals surface area (Å²) in [5.74, 6) is 1.79. The normalized spacial score (nSPS) is 19.2. The lowest BCUT2D eigenvalue weighted by atomic mass is 9.89. The molecule has 136 valence electrons. The van der Waals surface area contributed by atoms with Gasteiger partial charge in [-0.05, 0) is 66.7 Å². The standard InChI is InChI=1S/C18H27BN2O4/c1-16(2,3)23-15(22)21-14-9-8-12-20-13(14)10-11-19-24-17(4,5)18(6,7)25-19/h8-12H,1-7H3,(H,21,22)/b11-10+. The minimum absolute atomic E-state index is 0.399. The number of aromatic nitrogens is 1. The van der Waals surface area contributed by atoms with Gasteiger partial charge in [0.15, 0.2) is 0 Å². The van der Waals surface area contributed by atoms with Crippen molar-refractivity contribution in [2.45, 2.75) is 65.3 Å². The van der Waals surface area contributed by atoms with E-state index in [1.807, 2.05) is 48.5 Å². The van der Waals surface area contributed by atoms with Crippen molar-refractivity contribution >= 4 is 25.0 Å². The van der Waals surface area contributed by atoms with Gasteiger partial charge in [0.05, 0.1) is 22.6 Å². The molecule has 1 aromatic heterocycles. The van der Waals surface area contributed by atoms with Crippen LogP contribution in [0.15, 0.2) is 24.3 Å². The third-order valence-electron chi connectivity index (χ3n) is 4.16. The van der Waals surface area contributed by atoms with Crippen LogP contribution in [0.2, 0.25) is 0 Å². The molecule has 1 aliphatic heterocycles. The summed E-state index contributed by atoms with van der Waals surface area (Å²) in [6.45, 7) is 13.4. The maximum atomic E-state index is 12.0. The highest BCUT2D eigenvalue weighted by molar-refractivity contribution is 6.52. The van der Waals surface area contributed by atoms with E-state index in [0.717, 1.165) is 0 Å². The van der Waals surface area contributed by atoms with Gasteiger partial charge in [0, 0.05) is 6.20 Å². The van der Waals surface area contributed by atoms with Crippen molar-refractivity contribution in [2.75, 3.05) is 5.32 Å². The smallest absolute Gasteiger partial charge is 0.444 e. The maximum absolute atomic E-state index is 12.0. The molecule has 1 aromatic rings. The van der Waals surface area contributed by atoms with Crippen molar-refractivity contribution in [3.63, 3.8) is 0 Å². The van der Waals surface area contributed by atoms with E-state index in [0.29, 0.717) is 11.4 Å². The van der Waals surface area contributed by atoms with Crippen LogP contribution in [-0.2, 0) is 14.0 Å². The Morgan fingerprint density at radius 1 is 1.24 bits per heavy atom. The van der Waals surface area contributed by atoms with E-state index in [1.165, 1.54) is 0 Å². The first-order valence-electron chi connectivity index (χ1n) is 8.38. The van der Waals surface area contributed by atoms with Crippen LogP contribution in [0.25, 0.3) is 6.08 Å². The molecule has 6 nitrogen and oxygen atoms in total. The van der Waals surface area contributed by atoms with Gasteiger partial charge in [0.1, 0.15) is 5.60 Å². The van der Waals surface area contributed by atoms with E-state index in [-0.39, 0.29) is 0 Å². The van der Waals surface area contributed by atoms with Gasteiger partial charge in [-0.3, -0.25) is 10.3 Å². The second-order valence-corrected chi connectivity index (χ2v) is 8.05. The zero-order valence-electron chi connectivity index (χ0n) is 16.0. The summed E-state index contributed by atoms with van der Waals surface area (Å²) in [6.07, 6.45) is 2.91. The van der Waals surface area contributed by atoms with E-state index in [1.54, 1.807) is 30.4 Å². The number of carbonyl (C=O) groups excluding carboxylic acids is 1. The molecule has 25 heavy (non-hydrogen) atoms. The van der Waals surface area contributed by atoms with Gasteiger partial charge in [0.2, 0.25) is 0 Å². The summed E-state index contributed by atoms with van der Waals surface area (Å²) in [5, 5.41) is 2.72. The van der Waals surface area contributed by atoms with Crippen LogP contribution < -0.4 is 5.32 Å². The lowest BCUT2D eigenvalue weighted by Gasteiger charge is -2.32. The summed E-state index contributed by atoms with van der Waals surface area (Å²) < 4.78 is 17.1. The molecule has 1 aliphatic rings. The van der Waals surface area contributed by atoms with Crippen molar-refractivity contribution in [1.82, 2.24) is 4.98 Å². The highest BCUT2D eigenvalue weighted by Gasteiger charge is 2.50. The molecule has 0 saturated carbocycles. The zero-order chi connectivity index (χ0) is 18.9. The monoisotopic (exact) mass is 346 g/mol. The van der Waals surface area contributed by atoms with Crippen molar-refractivity contribution in [3.05, 3.63) is 30.0 Å². The van der Waals surface area contributed by atoms with Gasteiger partial charge in [-0.1, -0.05) is 5.98 Å². The van der Waals surface area contributed by atoms with Gasteiger partial charge in [-0.25, -0.2) is 4.79 Å². The van der Waals surface area contributed by atoms with Gasteiger partial charge in [-0.2, -0.15) is 0 Å². The number of rotatable bonds is 3. The Labute approximate surface area is 150 Å².